The lowest BCUT2D eigenvalue weighted by Crippen LogP contribution is -2.05. The molecular weight excluding hydrogens is 178 g/mol. The van der Waals surface area contributed by atoms with E-state index in [2.05, 4.69) is 48.9 Å². The zero-order valence-electron chi connectivity index (χ0n) is 8.71. The van der Waals surface area contributed by atoms with Crippen LogP contribution in [0.3, 0.4) is 0 Å². The molecule has 74 valence electrons. The summed E-state index contributed by atoms with van der Waals surface area (Å²) >= 11 is 1.75. The van der Waals surface area contributed by atoms with Gasteiger partial charge in [-0.05, 0) is 44.2 Å². The van der Waals surface area contributed by atoms with Crippen LogP contribution >= 0.6 is 11.8 Å². The van der Waals surface area contributed by atoms with Crippen molar-refractivity contribution >= 4 is 11.8 Å². The Morgan fingerprint density at radius 2 is 2.15 bits per heavy atom. The summed E-state index contributed by atoms with van der Waals surface area (Å²) in [7, 11) is 1.97. The van der Waals surface area contributed by atoms with Crippen LogP contribution in [0.25, 0.3) is 0 Å². The fourth-order valence-corrected chi connectivity index (χ4v) is 1.18. The van der Waals surface area contributed by atoms with E-state index in [4.69, 9.17) is 0 Å². The lowest BCUT2D eigenvalue weighted by Gasteiger charge is -1.90. The number of rotatable bonds is 6. The first-order valence-corrected chi connectivity index (χ1v) is 5.45. The second kappa shape index (κ2) is 9.62. The van der Waals surface area contributed by atoms with Crippen LogP contribution in [-0.4, -0.2) is 13.6 Å². The predicted octanol–water partition coefficient (Wildman–Crippen LogP) is 3.32. The van der Waals surface area contributed by atoms with Crippen molar-refractivity contribution < 1.29 is 0 Å². The van der Waals surface area contributed by atoms with E-state index in [0.29, 0.717) is 0 Å². The Labute approximate surface area is 86.0 Å². The summed E-state index contributed by atoms with van der Waals surface area (Å²) in [6, 6.07) is 0. The molecule has 0 aromatic rings. The molecular formula is C11H19NS. The van der Waals surface area contributed by atoms with Crippen molar-refractivity contribution in [3.05, 3.63) is 34.6 Å². The Balaban J connectivity index is 3.45. The molecule has 0 rings (SSSR count). The third-order valence-electron chi connectivity index (χ3n) is 1.55. The summed E-state index contributed by atoms with van der Waals surface area (Å²) < 4.78 is 0. The van der Waals surface area contributed by atoms with Crippen LogP contribution in [0.5, 0.6) is 0 Å². The minimum atomic E-state index is 1.05. The first-order valence-electron chi connectivity index (χ1n) is 4.57. The minimum absolute atomic E-state index is 1.05. The Kier molecular flexibility index (Phi) is 9.27. The van der Waals surface area contributed by atoms with Gasteiger partial charge in [-0.25, -0.2) is 0 Å². The average Bonchev–Trinajstić information content (AvgIpc) is 2.16. The van der Waals surface area contributed by atoms with Crippen molar-refractivity contribution in [1.29, 1.82) is 0 Å². The molecule has 0 aromatic heterocycles. The second-order valence-corrected chi connectivity index (χ2v) is 3.82. The third-order valence-corrected chi connectivity index (χ3v) is 2.45. The van der Waals surface area contributed by atoms with Gasteiger partial charge in [-0.2, -0.15) is 0 Å². The van der Waals surface area contributed by atoms with Crippen LogP contribution in [0.2, 0.25) is 0 Å². The van der Waals surface area contributed by atoms with Crippen molar-refractivity contribution in [1.82, 2.24) is 5.32 Å². The summed E-state index contributed by atoms with van der Waals surface area (Å²) in [5.74, 6) is 0. The molecule has 0 spiro atoms. The molecule has 0 aromatic carbocycles. The summed E-state index contributed by atoms with van der Waals surface area (Å²) in [5.41, 5.74) is 0. The highest BCUT2D eigenvalue weighted by Gasteiger charge is 1.80. The molecule has 0 fully saturated rings. The maximum Gasteiger partial charge on any atom is -0.00172 e. The molecule has 0 saturated carbocycles. The molecule has 1 nitrogen and oxygen atoms in total. The van der Waals surface area contributed by atoms with Gasteiger partial charge in [0.05, 0.1) is 0 Å². The van der Waals surface area contributed by atoms with E-state index in [1.54, 1.807) is 11.8 Å². The van der Waals surface area contributed by atoms with Crippen LogP contribution in [0.1, 0.15) is 20.3 Å². The number of hydrogen-bond donors (Lipinski definition) is 1. The van der Waals surface area contributed by atoms with Crippen molar-refractivity contribution in [3.8, 4) is 0 Å². The summed E-state index contributed by atoms with van der Waals surface area (Å²) in [6.07, 6.45) is 9.53. The van der Waals surface area contributed by atoms with Gasteiger partial charge in [0.1, 0.15) is 0 Å². The predicted molar refractivity (Wildman–Crippen MR) is 63.8 cm³/mol. The van der Waals surface area contributed by atoms with Crippen molar-refractivity contribution in [3.63, 3.8) is 0 Å². The zero-order valence-corrected chi connectivity index (χ0v) is 9.53. The van der Waals surface area contributed by atoms with Crippen molar-refractivity contribution in [2.24, 2.45) is 0 Å². The van der Waals surface area contributed by atoms with Crippen LogP contribution in [0, 0.1) is 0 Å². The van der Waals surface area contributed by atoms with E-state index >= 15 is 0 Å². The molecule has 2 heteroatoms. The highest BCUT2D eigenvalue weighted by molar-refractivity contribution is 8.05. The van der Waals surface area contributed by atoms with Crippen molar-refractivity contribution in [2.45, 2.75) is 20.3 Å². The Morgan fingerprint density at radius 3 is 2.77 bits per heavy atom. The fraction of sp³-hybridized carbons (Fsp3) is 0.455. The van der Waals surface area contributed by atoms with Gasteiger partial charge < -0.3 is 5.32 Å². The van der Waals surface area contributed by atoms with E-state index < -0.39 is 0 Å². The molecule has 0 saturated heterocycles. The minimum Gasteiger partial charge on any atom is -0.319 e. The highest BCUT2D eigenvalue weighted by Crippen LogP contribution is 2.14. The number of nitrogens with one attached hydrogen (secondary N) is 1. The third kappa shape index (κ3) is 9.44. The quantitative estimate of drug-likeness (QED) is 0.518. The number of allylic oxidation sites excluding steroid dienone is 4. The number of hydrogen-bond acceptors (Lipinski definition) is 2. The zero-order chi connectivity index (χ0) is 9.94. The van der Waals surface area contributed by atoms with E-state index in [1.807, 2.05) is 7.05 Å². The molecule has 1 N–H and O–H groups in total. The SMILES string of the molecule is C/C=C(\C)S/C=C\C=C\CCNC. The van der Waals surface area contributed by atoms with Gasteiger partial charge in [-0.3, -0.25) is 0 Å². The molecule has 0 bridgehead atoms. The first-order chi connectivity index (χ1) is 6.31. The smallest absolute Gasteiger partial charge is 0.00172 e. The van der Waals surface area contributed by atoms with Gasteiger partial charge >= 0.3 is 0 Å². The van der Waals surface area contributed by atoms with E-state index in [9.17, 15) is 0 Å². The van der Waals surface area contributed by atoms with E-state index in [1.165, 1.54) is 4.91 Å². The Morgan fingerprint density at radius 1 is 1.38 bits per heavy atom. The van der Waals surface area contributed by atoms with Crippen molar-refractivity contribution in [2.75, 3.05) is 13.6 Å². The normalized spacial score (nSPS) is 13.3. The summed E-state index contributed by atoms with van der Waals surface area (Å²) in [5, 5.41) is 5.20. The maximum atomic E-state index is 3.10. The van der Waals surface area contributed by atoms with Gasteiger partial charge in [-0.15, -0.1) is 11.8 Å². The van der Waals surface area contributed by atoms with Gasteiger partial charge in [-0.1, -0.05) is 24.3 Å². The van der Waals surface area contributed by atoms with Gasteiger partial charge in [0.2, 0.25) is 0 Å². The van der Waals surface area contributed by atoms with Crippen LogP contribution < -0.4 is 5.32 Å². The summed E-state index contributed by atoms with van der Waals surface area (Å²) in [4.78, 5) is 1.33. The standard InChI is InChI=1S/C11H19NS/c1-4-11(2)13-10-8-6-5-7-9-12-3/h4-6,8,10,12H,7,9H2,1-3H3/b6-5+,10-8-,11-4+. The van der Waals surface area contributed by atoms with Gasteiger partial charge in [0, 0.05) is 0 Å². The number of thioether (sulfide) groups is 1. The van der Waals surface area contributed by atoms with Gasteiger partial charge in [0.15, 0.2) is 0 Å². The lowest BCUT2D eigenvalue weighted by molar-refractivity contribution is 0.808. The molecule has 0 aliphatic heterocycles. The Bertz CT molecular complexity index is 192. The average molecular weight is 197 g/mol. The Hall–Kier alpha value is -0.470. The van der Waals surface area contributed by atoms with Crippen LogP contribution in [-0.2, 0) is 0 Å². The van der Waals surface area contributed by atoms with Gasteiger partial charge in [0.25, 0.3) is 0 Å². The molecule has 0 amide bonds. The fourth-order valence-electron chi connectivity index (χ4n) is 0.662. The summed E-state index contributed by atoms with van der Waals surface area (Å²) in [6.45, 7) is 5.21. The molecule has 13 heavy (non-hydrogen) atoms. The molecule has 0 aliphatic rings. The molecule has 0 heterocycles. The molecule has 0 radical (unpaired) electrons. The first kappa shape index (κ1) is 12.5. The topological polar surface area (TPSA) is 12.0 Å². The monoisotopic (exact) mass is 197 g/mol. The largest absolute Gasteiger partial charge is 0.319 e. The maximum absolute atomic E-state index is 3.10. The molecule has 0 unspecified atom stereocenters. The molecule has 0 atom stereocenters. The van der Waals surface area contributed by atoms with E-state index in [0.717, 1.165) is 13.0 Å². The lowest BCUT2D eigenvalue weighted by atomic mass is 10.4. The van der Waals surface area contributed by atoms with E-state index in [-0.39, 0.29) is 0 Å². The van der Waals surface area contributed by atoms with Crippen LogP contribution in [0.15, 0.2) is 34.6 Å². The highest BCUT2D eigenvalue weighted by atomic mass is 32.2. The molecule has 0 aliphatic carbocycles. The van der Waals surface area contributed by atoms with Crippen LogP contribution in [0.4, 0.5) is 0 Å². The second-order valence-electron chi connectivity index (χ2n) is 2.67.